The molecular formula is C26H29NO. The molecule has 0 aromatic heterocycles. The highest BCUT2D eigenvalue weighted by atomic mass is 16.5. The van der Waals surface area contributed by atoms with E-state index in [1.807, 2.05) is 36.4 Å². The first-order valence-corrected chi connectivity index (χ1v) is 9.90. The summed E-state index contributed by atoms with van der Waals surface area (Å²) in [6.45, 7) is 8.74. The highest BCUT2D eigenvalue weighted by molar-refractivity contribution is 5.33. The van der Waals surface area contributed by atoms with Crippen LogP contribution in [0, 0.1) is 5.92 Å². The van der Waals surface area contributed by atoms with Crippen molar-refractivity contribution in [2.24, 2.45) is 5.92 Å². The van der Waals surface area contributed by atoms with Crippen molar-refractivity contribution >= 4 is 0 Å². The van der Waals surface area contributed by atoms with Gasteiger partial charge < -0.3 is 10.1 Å². The maximum absolute atomic E-state index is 6.00. The first-order chi connectivity index (χ1) is 13.8. The Balaban J connectivity index is 1.57. The minimum Gasteiger partial charge on any atom is -0.489 e. The second-order valence-electron chi connectivity index (χ2n) is 7.20. The van der Waals surface area contributed by atoms with Gasteiger partial charge in [-0.1, -0.05) is 85.8 Å². The zero-order chi connectivity index (χ0) is 19.6. The average Bonchev–Trinajstić information content (AvgIpc) is 2.75. The molecule has 0 fully saturated rings. The highest BCUT2D eigenvalue weighted by Gasteiger charge is 2.16. The largest absolute Gasteiger partial charge is 0.489 e. The van der Waals surface area contributed by atoms with E-state index in [4.69, 9.17) is 4.74 Å². The van der Waals surface area contributed by atoms with Crippen molar-refractivity contribution < 1.29 is 4.74 Å². The smallest absolute Gasteiger partial charge is 0.120 e. The maximum atomic E-state index is 6.00. The lowest BCUT2D eigenvalue weighted by Gasteiger charge is -2.22. The standard InChI is InChI=1S/C26H29NO/c1-3-26(21(2)18-27-19-22-11-6-4-7-12-22)24-15-10-16-25(17-24)28-20-23-13-8-5-9-14-23/h3-17,21,26-27H,1,18-20H2,2H3. The van der Waals surface area contributed by atoms with Gasteiger partial charge >= 0.3 is 0 Å². The molecule has 0 spiro atoms. The van der Waals surface area contributed by atoms with Gasteiger partial charge in [-0.05, 0) is 41.3 Å². The number of hydrogen-bond acceptors (Lipinski definition) is 2. The third-order valence-corrected chi connectivity index (χ3v) is 5.00. The van der Waals surface area contributed by atoms with Crippen molar-refractivity contribution in [2.75, 3.05) is 6.54 Å². The van der Waals surface area contributed by atoms with Crippen molar-refractivity contribution in [1.29, 1.82) is 0 Å². The lowest BCUT2D eigenvalue weighted by Crippen LogP contribution is -2.24. The predicted molar refractivity (Wildman–Crippen MR) is 117 cm³/mol. The van der Waals surface area contributed by atoms with Crippen LogP contribution in [0.4, 0.5) is 0 Å². The van der Waals surface area contributed by atoms with Gasteiger partial charge in [-0.2, -0.15) is 0 Å². The molecule has 0 saturated heterocycles. The van der Waals surface area contributed by atoms with Gasteiger partial charge in [-0.25, -0.2) is 0 Å². The van der Waals surface area contributed by atoms with Gasteiger partial charge in [-0.15, -0.1) is 6.58 Å². The number of ether oxygens (including phenoxy) is 1. The number of hydrogen-bond donors (Lipinski definition) is 1. The first kappa shape index (κ1) is 19.9. The van der Waals surface area contributed by atoms with Crippen LogP contribution in [0.1, 0.15) is 29.5 Å². The molecule has 3 rings (SSSR count). The summed E-state index contributed by atoms with van der Waals surface area (Å²) in [5, 5.41) is 3.57. The summed E-state index contributed by atoms with van der Waals surface area (Å²) in [4.78, 5) is 0. The topological polar surface area (TPSA) is 21.3 Å². The lowest BCUT2D eigenvalue weighted by molar-refractivity contribution is 0.305. The Bertz CT molecular complexity index is 845. The van der Waals surface area contributed by atoms with E-state index in [1.165, 1.54) is 16.7 Å². The minimum atomic E-state index is 0.281. The Hall–Kier alpha value is -2.84. The normalized spacial score (nSPS) is 12.9. The van der Waals surface area contributed by atoms with Crippen molar-refractivity contribution in [2.45, 2.75) is 26.0 Å². The van der Waals surface area contributed by atoms with Crippen molar-refractivity contribution in [1.82, 2.24) is 5.32 Å². The fourth-order valence-corrected chi connectivity index (χ4v) is 3.42. The molecule has 28 heavy (non-hydrogen) atoms. The van der Waals surface area contributed by atoms with Crippen molar-refractivity contribution in [3.8, 4) is 5.75 Å². The van der Waals surface area contributed by atoms with Crippen LogP contribution in [0.25, 0.3) is 0 Å². The first-order valence-electron chi connectivity index (χ1n) is 9.90. The molecule has 0 aliphatic carbocycles. The molecular weight excluding hydrogens is 342 g/mol. The molecule has 0 amide bonds. The SMILES string of the molecule is C=CC(c1cccc(OCc2ccccc2)c1)C(C)CNCc1ccccc1. The number of allylic oxidation sites excluding steroid dienone is 1. The van der Waals surface area contributed by atoms with E-state index in [0.717, 1.165) is 18.8 Å². The zero-order valence-electron chi connectivity index (χ0n) is 16.6. The Morgan fingerprint density at radius 2 is 1.57 bits per heavy atom. The Labute approximate surface area is 168 Å². The summed E-state index contributed by atoms with van der Waals surface area (Å²) in [5.74, 6) is 1.62. The molecule has 3 aromatic rings. The molecule has 2 unspecified atom stereocenters. The van der Waals surface area contributed by atoms with Crippen molar-refractivity contribution in [3.63, 3.8) is 0 Å². The van der Waals surface area contributed by atoms with Crippen LogP contribution in [0.2, 0.25) is 0 Å². The van der Waals surface area contributed by atoms with Crippen LogP contribution >= 0.6 is 0 Å². The lowest BCUT2D eigenvalue weighted by atomic mass is 9.87. The molecule has 144 valence electrons. The fourth-order valence-electron chi connectivity index (χ4n) is 3.42. The molecule has 0 radical (unpaired) electrons. The Kier molecular flexibility index (Phi) is 7.45. The number of rotatable bonds is 10. The molecule has 3 aromatic carbocycles. The second kappa shape index (κ2) is 10.5. The van der Waals surface area contributed by atoms with E-state index in [2.05, 4.69) is 73.4 Å². The molecule has 0 aliphatic heterocycles. The molecule has 2 atom stereocenters. The third-order valence-electron chi connectivity index (χ3n) is 5.00. The van der Waals surface area contributed by atoms with Crippen LogP contribution in [-0.2, 0) is 13.2 Å². The minimum absolute atomic E-state index is 0.281. The molecule has 2 nitrogen and oxygen atoms in total. The van der Waals surface area contributed by atoms with E-state index in [9.17, 15) is 0 Å². The van der Waals surface area contributed by atoms with Gasteiger partial charge in [0.05, 0.1) is 0 Å². The van der Waals surface area contributed by atoms with Crippen LogP contribution < -0.4 is 10.1 Å². The molecule has 1 N–H and O–H groups in total. The summed E-state index contributed by atoms with van der Waals surface area (Å²) >= 11 is 0. The highest BCUT2D eigenvalue weighted by Crippen LogP contribution is 2.28. The van der Waals surface area contributed by atoms with Crippen molar-refractivity contribution in [3.05, 3.63) is 114 Å². The maximum Gasteiger partial charge on any atom is 0.120 e. The van der Waals surface area contributed by atoms with Gasteiger partial charge in [0, 0.05) is 12.5 Å². The summed E-state index contributed by atoms with van der Waals surface area (Å²) in [7, 11) is 0. The van der Waals surface area contributed by atoms with Crippen LogP contribution in [-0.4, -0.2) is 6.54 Å². The average molecular weight is 372 g/mol. The van der Waals surface area contributed by atoms with Gasteiger partial charge in [0.1, 0.15) is 12.4 Å². The van der Waals surface area contributed by atoms with E-state index in [1.54, 1.807) is 0 Å². The van der Waals surface area contributed by atoms with Crippen LogP contribution in [0.15, 0.2) is 97.6 Å². The summed E-state index contributed by atoms with van der Waals surface area (Å²) in [5.41, 5.74) is 3.72. The van der Waals surface area contributed by atoms with Gasteiger partial charge in [0.15, 0.2) is 0 Å². The van der Waals surface area contributed by atoms with E-state index < -0.39 is 0 Å². The van der Waals surface area contributed by atoms with Gasteiger partial charge in [0.2, 0.25) is 0 Å². The number of benzene rings is 3. The monoisotopic (exact) mass is 371 g/mol. The predicted octanol–water partition coefficient (Wildman–Crippen LogP) is 5.96. The van der Waals surface area contributed by atoms with E-state index in [-0.39, 0.29) is 5.92 Å². The Morgan fingerprint density at radius 3 is 2.25 bits per heavy atom. The van der Waals surface area contributed by atoms with E-state index in [0.29, 0.717) is 12.5 Å². The fraction of sp³-hybridized carbons (Fsp3) is 0.231. The third kappa shape index (κ3) is 5.83. The molecule has 0 aliphatic rings. The second-order valence-corrected chi connectivity index (χ2v) is 7.20. The zero-order valence-corrected chi connectivity index (χ0v) is 16.6. The van der Waals surface area contributed by atoms with Crippen LogP contribution in [0.5, 0.6) is 5.75 Å². The molecule has 0 heterocycles. The van der Waals surface area contributed by atoms with Gasteiger partial charge in [0.25, 0.3) is 0 Å². The summed E-state index contributed by atoms with van der Waals surface area (Å²) in [6, 6.07) is 29.1. The number of nitrogens with one attached hydrogen (secondary N) is 1. The quantitative estimate of drug-likeness (QED) is 0.444. The van der Waals surface area contributed by atoms with Gasteiger partial charge in [-0.3, -0.25) is 0 Å². The van der Waals surface area contributed by atoms with Crippen LogP contribution in [0.3, 0.4) is 0 Å². The molecule has 0 saturated carbocycles. The van der Waals surface area contributed by atoms with E-state index >= 15 is 0 Å². The summed E-state index contributed by atoms with van der Waals surface area (Å²) in [6.07, 6.45) is 2.05. The Morgan fingerprint density at radius 1 is 0.893 bits per heavy atom. The molecule has 2 heteroatoms. The summed E-state index contributed by atoms with van der Waals surface area (Å²) < 4.78 is 6.00. The molecule has 0 bridgehead atoms.